The third kappa shape index (κ3) is 5.02. The van der Waals surface area contributed by atoms with Crippen molar-refractivity contribution in [3.8, 4) is 0 Å². The van der Waals surface area contributed by atoms with Gasteiger partial charge in [0.15, 0.2) is 0 Å². The van der Waals surface area contributed by atoms with Crippen molar-refractivity contribution in [3.05, 3.63) is 12.7 Å². The van der Waals surface area contributed by atoms with E-state index in [1.807, 2.05) is 18.7 Å². The summed E-state index contributed by atoms with van der Waals surface area (Å²) in [6.45, 7) is 11.1. The van der Waals surface area contributed by atoms with Crippen LogP contribution in [0.1, 0.15) is 21.3 Å². The van der Waals surface area contributed by atoms with Crippen LogP contribution in [0.25, 0.3) is 0 Å². The van der Waals surface area contributed by atoms with Crippen LogP contribution >= 0.6 is 0 Å². The summed E-state index contributed by atoms with van der Waals surface area (Å²) in [5, 5.41) is 0. The number of nitrogens with zero attached hydrogens (tertiary/aromatic N) is 2. The van der Waals surface area contributed by atoms with E-state index in [0.717, 1.165) is 26.2 Å². The van der Waals surface area contributed by atoms with E-state index in [4.69, 9.17) is 0 Å². The normalized spacial score (nSPS) is 16.1. The molecule has 0 aromatic rings. The van der Waals surface area contributed by atoms with Crippen LogP contribution in [0.4, 0.5) is 0 Å². The van der Waals surface area contributed by atoms with Gasteiger partial charge in [-0.2, -0.15) is 0 Å². The lowest BCUT2D eigenvalue weighted by Crippen LogP contribution is -2.46. The number of carbonyl (C=O) groups is 1. The van der Waals surface area contributed by atoms with Crippen LogP contribution in [-0.4, -0.2) is 48.9 Å². The molecule has 0 N–H and O–H groups in total. The highest BCUT2D eigenvalue weighted by atomic mass is 16.2. The lowest BCUT2D eigenvalue weighted by Gasteiger charge is -2.31. The third-order valence-electron chi connectivity index (χ3n) is 1.99. The summed E-state index contributed by atoms with van der Waals surface area (Å²) in [4.78, 5) is 15.1. The van der Waals surface area contributed by atoms with E-state index in [0.29, 0.717) is 0 Å². The van der Waals surface area contributed by atoms with Gasteiger partial charge in [0, 0.05) is 26.2 Å². The van der Waals surface area contributed by atoms with Gasteiger partial charge in [-0.25, -0.2) is 0 Å². The maximum atomic E-state index is 11.1. The summed E-state index contributed by atoms with van der Waals surface area (Å²) >= 11 is 0. The molecular weight excluding hydrogens is 176 g/mol. The Hall–Kier alpha value is -0.830. The SMILES string of the molecule is C.C=CC(=O)N1CCN(C)CC1.CC. The molecule has 1 fully saturated rings. The zero-order valence-electron chi connectivity index (χ0n) is 8.92. The predicted octanol–water partition coefficient (Wildman–Crippen LogP) is 1.61. The summed E-state index contributed by atoms with van der Waals surface area (Å²) < 4.78 is 0. The fraction of sp³-hybridized carbons (Fsp3) is 0.727. The lowest BCUT2D eigenvalue weighted by molar-refractivity contribution is -0.127. The molecule has 0 unspecified atom stereocenters. The second-order valence-corrected chi connectivity index (χ2v) is 2.83. The molecule has 1 aliphatic rings. The van der Waals surface area contributed by atoms with E-state index >= 15 is 0 Å². The average Bonchev–Trinajstić information content (AvgIpc) is 2.21. The van der Waals surface area contributed by atoms with Gasteiger partial charge in [-0.05, 0) is 13.1 Å². The quantitative estimate of drug-likeness (QED) is 0.600. The van der Waals surface area contributed by atoms with Gasteiger partial charge in [0.1, 0.15) is 0 Å². The highest BCUT2D eigenvalue weighted by molar-refractivity contribution is 5.87. The summed E-state index contributed by atoms with van der Waals surface area (Å²) in [5.41, 5.74) is 0. The number of likely N-dealkylation sites (N-methyl/N-ethyl adjacent to an activating group) is 1. The summed E-state index contributed by atoms with van der Waals surface area (Å²) in [5.74, 6) is 0.0538. The topological polar surface area (TPSA) is 23.6 Å². The van der Waals surface area contributed by atoms with Gasteiger partial charge in [0.2, 0.25) is 5.91 Å². The van der Waals surface area contributed by atoms with Crippen LogP contribution in [0.5, 0.6) is 0 Å². The molecule has 1 amide bonds. The van der Waals surface area contributed by atoms with Gasteiger partial charge in [-0.3, -0.25) is 4.79 Å². The molecule has 0 aromatic carbocycles. The number of hydrogen-bond donors (Lipinski definition) is 0. The molecule has 84 valence electrons. The Morgan fingerprint density at radius 1 is 1.21 bits per heavy atom. The van der Waals surface area contributed by atoms with Crippen molar-refractivity contribution < 1.29 is 4.79 Å². The van der Waals surface area contributed by atoms with Gasteiger partial charge in [-0.1, -0.05) is 27.9 Å². The first-order chi connectivity index (χ1) is 6.24. The minimum absolute atomic E-state index is 0. The summed E-state index contributed by atoms with van der Waals surface area (Å²) in [6.07, 6.45) is 1.38. The van der Waals surface area contributed by atoms with E-state index in [1.165, 1.54) is 6.08 Å². The maximum absolute atomic E-state index is 11.1. The Kier molecular flexibility index (Phi) is 9.78. The molecule has 1 rings (SSSR count). The Labute approximate surface area is 88.4 Å². The highest BCUT2D eigenvalue weighted by Crippen LogP contribution is 1.99. The van der Waals surface area contributed by atoms with Gasteiger partial charge in [-0.15, -0.1) is 0 Å². The van der Waals surface area contributed by atoms with E-state index in [1.54, 1.807) is 0 Å². The molecule has 0 spiro atoms. The number of carbonyl (C=O) groups excluding carboxylic acids is 1. The maximum Gasteiger partial charge on any atom is 0.246 e. The number of amides is 1. The van der Waals surface area contributed by atoms with Crippen molar-refractivity contribution in [1.29, 1.82) is 0 Å². The van der Waals surface area contributed by atoms with Crippen LogP contribution < -0.4 is 0 Å². The Balaban J connectivity index is 0. The van der Waals surface area contributed by atoms with Gasteiger partial charge in [0.05, 0.1) is 0 Å². The largest absolute Gasteiger partial charge is 0.337 e. The zero-order chi connectivity index (χ0) is 10.3. The van der Waals surface area contributed by atoms with E-state index in [2.05, 4.69) is 18.5 Å². The van der Waals surface area contributed by atoms with Crippen LogP contribution in [-0.2, 0) is 4.79 Å². The lowest BCUT2D eigenvalue weighted by atomic mass is 10.3. The Morgan fingerprint density at radius 3 is 2.00 bits per heavy atom. The molecule has 0 atom stereocenters. The molecule has 3 nitrogen and oxygen atoms in total. The molecular formula is C11H24N2O. The van der Waals surface area contributed by atoms with Crippen molar-refractivity contribution in [2.45, 2.75) is 21.3 Å². The fourth-order valence-corrected chi connectivity index (χ4v) is 1.16. The Morgan fingerprint density at radius 2 is 1.64 bits per heavy atom. The minimum Gasteiger partial charge on any atom is -0.337 e. The van der Waals surface area contributed by atoms with Gasteiger partial charge < -0.3 is 9.80 Å². The van der Waals surface area contributed by atoms with Crippen molar-refractivity contribution in [3.63, 3.8) is 0 Å². The molecule has 0 aliphatic carbocycles. The minimum atomic E-state index is 0. The van der Waals surface area contributed by atoms with Crippen LogP contribution in [0, 0.1) is 0 Å². The molecule has 0 saturated carbocycles. The van der Waals surface area contributed by atoms with Crippen LogP contribution in [0.3, 0.4) is 0 Å². The van der Waals surface area contributed by atoms with Crippen LogP contribution in [0.2, 0.25) is 0 Å². The number of rotatable bonds is 1. The van der Waals surface area contributed by atoms with Gasteiger partial charge >= 0.3 is 0 Å². The second-order valence-electron chi connectivity index (χ2n) is 2.83. The molecule has 0 aromatic heterocycles. The summed E-state index contributed by atoms with van der Waals surface area (Å²) in [6, 6.07) is 0. The first-order valence-corrected chi connectivity index (χ1v) is 4.84. The molecule has 0 bridgehead atoms. The van der Waals surface area contributed by atoms with Crippen LogP contribution in [0.15, 0.2) is 12.7 Å². The average molecular weight is 200 g/mol. The standard InChI is InChI=1S/C8H14N2O.C2H6.CH4/c1-3-8(11)10-6-4-9(2)5-7-10;1-2;/h3H,1,4-7H2,2H3;1-2H3;1H4. The number of hydrogen-bond acceptors (Lipinski definition) is 2. The zero-order valence-corrected chi connectivity index (χ0v) is 8.92. The smallest absolute Gasteiger partial charge is 0.246 e. The third-order valence-corrected chi connectivity index (χ3v) is 1.99. The van der Waals surface area contributed by atoms with E-state index in [9.17, 15) is 4.79 Å². The summed E-state index contributed by atoms with van der Waals surface area (Å²) in [7, 11) is 2.07. The fourth-order valence-electron chi connectivity index (χ4n) is 1.16. The predicted molar refractivity (Wildman–Crippen MR) is 62.4 cm³/mol. The first kappa shape index (κ1) is 15.6. The van der Waals surface area contributed by atoms with Crippen molar-refractivity contribution in [2.75, 3.05) is 33.2 Å². The second kappa shape index (κ2) is 8.75. The van der Waals surface area contributed by atoms with Crippen molar-refractivity contribution in [2.24, 2.45) is 0 Å². The Bertz CT molecular complexity index is 161. The molecule has 1 aliphatic heterocycles. The first-order valence-electron chi connectivity index (χ1n) is 4.84. The highest BCUT2D eigenvalue weighted by Gasteiger charge is 2.15. The molecule has 0 radical (unpaired) electrons. The molecule has 14 heavy (non-hydrogen) atoms. The molecule has 3 heteroatoms. The molecule has 1 saturated heterocycles. The monoisotopic (exact) mass is 200 g/mol. The molecule has 1 heterocycles. The van der Waals surface area contributed by atoms with Gasteiger partial charge in [0.25, 0.3) is 0 Å². The van der Waals surface area contributed by atoms with E-state index < -0.39 is 0 Å². The van der Waals surface area contributed by atoms with Crippen molar-refractivity contribution in [1.82, 2.24) is 9.80 Å². The van der Waals surface area contributed by atoms with Crippen molar-refractivity contribution >= 4 is 5.91 Å². The number of piperazine rings is 1. The van der Waals surface area contributed by atoms with E-state index in [-0.39, 0.29) is 13.3 Å².